The molecule has 1 atom stereocenters. The van der Waals surface area contributed by atoms with E-state index in [1.165, 1.54) is 51.7 Å². The Kier molecular flexibility index (Phi) is 6.40. The molecule has 1 amide bonds. The van der Waals surface area contributed by atoms with Crippen LogP contribution < -0.4 is 0 Å². The van der Waals surface area contributed by atoms with E-state index < -0.39 is 0 Å². The average molecular weight is 378 g/mol. The Labute approximate surface area is 165 Å². The molecular formula is C22H39N3O2. The van der Waals surface area contributed by atoms with Gasteiger partial charge >= 0.3 is 0 Å². The van der Waals surface area contributed by atoms with E-state index in [-0.39, 0.29) is 5.54 Å². The highest BCUT2D eigenvalue weighted by molar-refractivity contribution is 5.76. The highest BCUT2D eigenvalue weighted by Crippen LogP contribution is 2.33. The van der Waals surface area contributed by atoms with Gasteiger partial charge in [0.25, 0.3) is 0 Å². The molecule has 0 aromatic heterocycles. The number of likely N-dealkylation sites (N-methyl/N-ethyl adjacent to an activating group) is 1. The van der Waals surface area contributed by atoms with Gasteiger partial charge in [-0.1, -0.05) is 25.7 Å². The summed E-state index contributed by atoms with van der Waals surface area (Å²) in [5, 5.41) is 0. The highest BCUT2D eigenvalue weighted by Gasteiger charge is 2.43. The molecule has 5 nitrogen and oxygen atoms in total. The predicted molar refractivity (Wildman–Crippen MR) is 108 cm³/mol. The monoisotopic (exact) mass is 377 g/mol. The van der Waals surface area contributed by atoms with Crippen molar-refractivity contribution in [2.75, 3.05) is 59.5 Å². The second kappa shape index (κ2) is 8.79. The van der Waals surface area contributed by atoms with Crippen molar-refractivity contribution in [3.63, 3.8) is 0 Å². The summed E-state index contributed by atoms with van der Waals surface area (Å²) < 4.78 is 5.58. The molecule has 4 fully saturated rings. The van der Waals surface area contributed by atoms with E-state index in [2.05, 4.69) is 21.7 Å². The number of nitrogens with zero attached hydrogens (tertiary/aromatic N) is 3. The predicted octanol–water partition coefficient (Wildman–Crippen LogP) is 2.60. The minimum absolute atomic E-state index is 0.278. The Morgan fingerprint density at radius 2 is 1.81 bits per heavy atom. The van der Waals surface area contributed by atoms with E-state index in [1.807, 2.05) is 0 Å². The fourth-order valence-corrected chi connectivity index (χ4v) is 5.89. The lowest BCUT2D eigenvalue weighted by Crippen LogP contribution is -2.65. The summed E-state index contributed by atoms with van der Waals surface area (Å²) in [6, 6.07) is 0. The number of likely N-dealkylation sites (tertiary alicyclic amines) is 1. The van der Waals surface area contributed by atoms with Crippen molar-refractivity contribution < 1.29 is 9.53 Å². The van der Waals surface area contributed by atoms with E-state index in [1.54, 1.807) is 0 Å². The summed E-state index contributed by atoms with van der Waals surface area (Å²) in [5.41, 5.74) is 0.278. The van der Waals surface area contributed by atoms with Crippen LogP contribution >= 0.6 is 0 Å². The fraction of sp³-hybridized carbons (Fsp3) is 0.955. The summed E-state index contributed by atoms with van der Waals surface area (Å²) in [5.74, 6) is 1.96. The molecule has 0 unspecified atom stereocenters. The zero-order valence-corrected chi connectivity index (χ0v) is 17.3. The van der Waals surface area contributed by atoms with Gasteiger partial charge < -0.3 is 9.64 Å². The molecular weight excluding hydrogens is 338 g/mol. The third-order valence-corrected chi connectivity index (χ3v) is 7.91. The summed E-state index contributed by atoms with van der Waals surface area (Å²) in [4.78, 5) is 20.1. The van der Waals surface area contributed by atoms with Crippen molar-refractivity contribution in [2.24, 2.45) is 11.8 Å². The first kappa shape index (κ1) is 19.7. The van der Waals surface area contributed by atoms with Crippen LogP contribution in [0.2, 0.25) is 0 Å². The zero-order valence-electron chi connectivity index (χ0n) is 17.3. The van der Waals surface area contributed by atoms with Crippen LogP contribution in [-0.4, -0.2) is 85.7 Å². The van der Waals surface area contributed by atoms with Gasteiger partial charge in [0.1, 0.15) is 0 Å². The largest absolute Gasteiger partial charge is 0.381 e. The Morgan fingerprint density at radius 1 is 1.04 bits per heavy atom. The van der Waals surface area contributed by atoms with Crippen molar-refractivity contribution in [1.82, 2.24) is 14.7 Å². The van der Waals surface area contributed by atoms with E-state index in [9.17, 15) is 4.79 Å². The first-order chi connectivity index (χ1) is 13.1. The van der Waals surface area contributed by atoms with Crippen LogP contribution in [0.15, 0.2) is 0 Å². The van der Waals surface area contributed by atoms with Crippen molar-refractivity contribution in [2.45, 2.75) is 63.3 Å². The number of ether oxygens (including phenoxy) is 1. The van der Waals surface area contributed by atoms with E-state index in [4.69, 9.17) is 4.74 Å². The summed E-state index contributed by atoms with van der Waals surface area (Å²) in [6.07, 6.45) is 10.8. The quantitative estimate of drug-likeness (QED) is 0.738. The van der Waals surface area contributed by atoms with Gasteiger partial charge in [0.15, 0.2) is 0 Å². The zero-order chi connectivity index (χ0) is 18.7. The molecule has 1 spiro atoms. The van der Waals surface area contributed by atoms with Crippen LogP contribution in [0.1, 0.15) is 57.8 Å². The van der Waals surface area contributed by atoms with Crippen molar-refractivity contribution in [3.8, 4) is 0 Å². The molecule has 0 radical (unpaired) electrons. The Balaban J connectivity index is 1.26. The van der Waals surface area contributed by atoms with Gasteiger partial charge in [-0.15, -0.1) is 0 Å². The van der Waals surface area contributed by atoms with Gasteiger partial charge in [-0.3, -0.25) is 14.6 Å². The first-order valence-electron chi connectivity index (χ1n) is 11.4. The van der Waals surface area contributed by atoms with Crippen LogP contribution in [0.5, 0.6) is 0 Å². The molecule has 0 aromatic rings. The van der Waals surface area contributed by atoms with Gasteiger partial charge in [-0.2, -0.15) is 0 Å². The first-order valence-corrected chi connectivity index (χ1v) is 11.4. The Bertz CT molecular complexity index is 492. The molecule has 4 rings (SSSR count). The van der Waals surface area contributed by atoms with Crippen LogP contribution in [0.3, 0.4) is 0 Å². The third-order valence-electron chi connectivity index (χ3n) is 7.91. The summed E-state index contributed by atoms with van der Waals surface area (Å²) in [6.45, 7) is 8.50. The highest BCUT2D eigenvalue weighted by atomic mass is 16.5. The van der Waals surface area contributed by atoms with E-state index in [0.717, 1.165) is 70.4 Å². The Hall–Kier alpha value is -0.650. The minimum Gasteiger partial charge on any atom is -0.381 e. The van der Waals surface area contributed by atoms with Crippen molar-refractivity contribution in [3.05, 3.63) is 0 Å². The second-order valence-corrected chi connectivity index (χ2v) is 9.68. The maximum atomic E-state index is 12.7. The minimum atomic E-state index is 0.278. The van der Waals surface area contributed by atoms with Crippen molar-refractivity contribution >= 4 is 5.91 Å². The molecule has 1 saturated carbocycles. The number of hydrogen-bond donors (Lipinski definition) is 0. The number of piperidine rings is 1. The molecule has 27 heavy (non-hydrogen) atoms. The third kappa shape index (κ3) is 4.68. The molecule has 154 valence electrons. The average Bonchev–Trinajstić information content (AvgIpc) is 3.37. The normalized spacial score (nSPS) is 30.4. The van der Waals surface area contributed by atoms with Crippen LogP contribution in [-0.2, 0) is 9.53 Å². The van der Waals surface area contributed by atoms with Gasteiger partial charge in [-0.05, 0) is 44.6 Å². The topological polar surface area (TPSA) is 36.0 Å². The molecule has 4 aliphatic rings. The second-order valence-electron chi connectivity index (χ2n) is 9.68. The smallest absolute Gasteiger partial charge is 0.222 e. The number of carbonyl (C=O) groups excluding carboxylic acids is 1. The number of carbonyl (C=O) groups is 1. The molecule has 3 saturated heterocycles. The lowest BCUT2D eigenvalue weighted by atomic mass is 9.83. The molecule has 3 aliphatic heterocycles. The maximum Gasteiger partial charge on any atom is 0.222 e. The molecule has 3 heterocycles. The standard InChI is InChI=1S/C22H39N3O2/c1-23-13-14-24(16-20-8-15-27-17-20)18-22(23)9-11-25(12-10-22)21(26)7-6-19-4-2-3-5-19/h19-20H,2-18H2,1H3/t20-/m1/s1. The maximum absolute atomic E-state index is 12.7. The van der Waals surface area contributed by atoms with Gasteiger partial charge in [0, 0.05) is 57.8 Å². The van der Waals surface area contributed by atoms with E-state index in [0.29, 0.717) is 5.91 Å². The van der Waals surface area contributed by atoms with Crippen LogP contribution in [0.25, 0.3) is 0 Å². The van der Waals surface area contributed by atoms with Crippen LogP contribution in [0.4, 0.5) is 0 Å². The van der Waals surface area contributed by atoms with Gasteiger partial charge in [0.2, 0.25) is 5.91 Å². The lowest BCUT2D eigenvalue weighted by molar-refractivity contribution is -0.135. The molecule has 5 heteroatoms. The molecule has 1 aliphatic carbocycles. The number of rotatable bonds is 5. The van der Waals surface area contributed by atoms with Crippen LogP contribution in [0, 0.1) is 11.8 Å². The van der Waals surface area contributed by atoms with Gasteiger partial charge in [-0.25, -0.2) is 0 Å². The number of piperazine rings is 1. The fourth-order valence-electron chi connectivity index (χ4n) is 5.89. The van der Waals surface area contributed by atoms with Crippen molar-refractivity contribution in [1.29, 1.82) is 0 Å². The summed E-state index contributed by atoms with van der Waals surface area (Å²) in [7, 11) is 2.30. The summed E-state index contributed by atoms with van der Waals surface area (Å²) >= 11 is 0. The molecule has 0 N–H and O–H groups in total. The number of hydrogen-bond acceptors (Lipinski definition) is 4. The lowest BCUT2D eigenvalue weighted by Gasteiger charge is -2.53. The van der Waals surface area contributed by atoms with E-state index >= 15 is 0 Å². The molecule has 0 bridgehead atoms. The van der Waals surface area contributed by atoms with Gasteiger partial charge in [0.05, 0.1) is 6.61 Å². The molecule has 0 aromatic carbocycles. The number of amides is 1. The Morgan fingerprint density at radius 3 is 2.52 bits per heavy atom. The SMILES string of the molecule is CN1CCN(C[C@H]2CCOC2)CC12CCN(C(=O)CCC1CCCC1)CC2.